The lowest BCUT2D eigenvalue weighted by Gasteiger charge is -2.11. The van der Waals surface area contributed by atoms with E-state index in [0.717, 1.165) is 27.5 Å². The molecule has 0 spiro atoms. The molecule has 1 N–H and O–H groups in total. The molecule has 0 atom stereocenters. The summed E-state index contributed by atoms with van der Waals surface area (Å²) in [5.74, 6) is 0.768. The number of aromatic nitrogens is 2. The average Bonchev–Trinajstić information content (AvgIpc) is 2.55. The Kier molecular flexibility index (Phi) is 5.17. The lowest BCUT2D eigenvalue weighted by atomic mass is 10.1. The van der Waals surface area contributed by atoms with E-state index < -0.39 is 11.2 Å². The number of fused-ring (bicyclic) bond motifs is 2. The lowest BCUT2D eigenvalue weighted by molar-refractivity contribution is 0.303. The number of hydrogen-bond donors (Lipinski definition) is 1. The summed E-state index contributed by atoms with van der Waals surface area (Å²) in [4.78, 5) is 29.1. The van der Waals surface area contributed by atoms with E-state index >= 15 is 0 Å². The number of ether oxygens (including phenoxy) is 1. The number of halogens is 1. The van der Waals surface area contributed by atoms with E-state index in [4.69, 9.17) is 9.15 Å². The Bertz CT molecular complexity index is 948. The molecule has 2 aliphatic heterocycles. The van der Waals surface area contributed by atoms with Crippen molar-refractivity contribution in [2.24, 2.45) is 0 Å². The molecule has 1 aromatic rings. The highest BCUT2D eigenvalue weighted by Gasteiger charge is 2.17. The summed E-state index contributed by atoms with van der Waals surface area (Å²) >= 11 is 2.15. The Morgan fingerprint density at radius 1 is 1.25 bits per heavy atom. The second kappa shape index (κ2) is 7.33. The van der Waals surface area contributed by atoms with Crippen molar-refractivity contribution in [1.82, 2.24) is 9.97 Å². The second-order valence-electron chi connectivity index (χ2n) is 5.54. The minimum atomic E-state index is -0.714. The van der Waals surface area contributed by atoms with Gasteiger partial charge in [-0.3, -0.25) is 9.78 Å². The van der Waals surface area contributed by atoms with Crippen LogP contribution in [0.5, 0.6) is 5.75 Å². The van der Waals surface area contributed by atoms with Crippen LogP contribution >= 0.6 is 22.6 Å². The maximum atomic E-state index is 11.8. The van der Waals surface area contributed by atoms with Crippen LogP contribution in [0.1, 0.15) is 32.6 Å². The monoisotopic (exact) mass is 440 g/mol. The molecule has 2 aliphatic rings. The minimum absolute atomic E-state index is 0.0364. The summed E-state index contributed by atoms with van der Waals surface area (Å²) < 4.78 is 12.3. The van der Waals surface area contributed by atoms with Gasteiger partial charge in [0, 0.05) is 5.39 Å². The summed E-state index contributed by atoms with van der Waals surface area (Å²) in [7, 11) is 0. The van der Waals surface area contributed by atoms with Gasteiger partial charge in [0.05, 0.1) is 10.2 Å². The lowest BCUT2D eigenvalue weighted by Crippen LogP contribution is -2.24. The van der Waals surface area contributed by atoms with Gasteiger partial charge in [-0.15, -0.1) is 0 Å². The van der Waals surface area contributed by atoms with Crippen LogP contribution in [0.4, 0.5) is 0 Å². The number of rotatable bonds is 6. The minimum Gasteiger partial charge on any atom is -0.492 e. The van der Waals surface area contributed by atoms with E-state index in [1.807, 2.05) is 12.1 Å². The molecule has 3 rings (SSSR count). The molecule has 0 amide bonds. The van der Waals surface area contributed by atoms with Crippen LogP contribution in [-0.2, 0) is 0 Å². The van der Waals surface area contributed by atoms with Gasteiger partial charge in [0.2, 0.25) is 5.89 Å². The van der Waals surface area contributed by atoms with Crippen molar-refractivity contribution in [2.75, 3.05) is 6.61 Å². The Hall–Kier alpha value is -1.90. The number of nitrogens with one attached hydrogen (secondary N) is 1. The highest BCUT2D eigenvalue weighted by atomic mass is 127. The van der Waals surface area contributed by atoms with Crippen molar-refractivity contribution in [1.29, 1.82) is 0 Å². The van der Waals surface area contributed by atoms with Crippen molar-refractivity contribution in [2.45, 2.75) is 32.6 Å². The third kappa shape index (κ3) is 3.45. The number of unbranched alkanes of at least 4 members (excludes halogenated alkanes) is 3. The van der Waals surface area contributed by atoms with E-state index in [2.05, 4.69) is 39.5 Å². The molecule has 0 saturated heterocycles. The predicted molar refractivity (Wildman–Crippen MR) is 99.9 cm³/mol. The number of hydrogen-bond acceptors (Lipinski definition) is 5. The number of nitrogens with zero attached hydrogens (tertiary/aromatic N) is 1. The maximum Gasteiger partial charge on any atom is 0.351 e. The molecule has 6 nitrogen and oxygen atoms in total. The van der Waals surface area contributed by atoms with Crippen molar-refractivity contribution in [3.8, 4) is 17.2 Å². The van der Waals surface area contributed by atoms with Crippen LogP contribution in [0.2, 0.25) is 0 Å². The molecule has 0 aromatic heterocycles. The third-order valence-electron chi connectivity index (χ3n) is 3.74. The molecule has 2 heterocycles. The fourth-order valence-electron chi connectivity index (χ4n) is 2.49. The summed E-state index contributed by atoms with van der Waals surface area (Å²) in [5, 5.41) is 0.760. The van der Waals surface area contributed by atoms with Crippen LogP contribution < -0.4 is 16.0 Å². The zero-order valence-corrected chi connectivity index (χ0v) is 15.4. The van der Waals surface area contributed by atoms with Gasteiger partial charge in [0.1, 0.15) is 11.3 Å². The maximum absolute atomic E-state index is 11.8. The summed E-state index contributed by atoms with van der Waals surface area (Å²) in [5.41, 5.74) is -0.395. The molecule has 0 aliphatic carbocycles. The third-order valence-corrected chi connectivity index (χ3v) is 4.77. The predicted octanol–water partition coefficient (Wildman–Crippen LogP) is 3.54. The SMILES string of the molecule is CCCCCCOc1ccc2cc3c(=O)[nH]c(=O)nc-3oc2c1I. The standard InChI is InChI=1S/C17H17IN2O4/c1-2-3-4-5-8-23-12-7-6-10-9-11-15(21)19-17(22)20-16(11)24-14(10)13(12)18/h6-7,9H,2-5,8H2,1H3,(H,19,21,22). The Morgan fingerprint density at radius 3 is 2.88 bits per heavy atom. The smallest absolute Gasteiger partial charge is 0.351 e. The number of aromatic amines is 1. The van der Waals surface area contributed by atoms with Crippen LogP contribution in [0, 0.1) is 3.57 Å². The van der Waals surface area contributed by atoms with Gasteiger partial charge in [-0.2, -0.15) is 4.98 Å². The Morgan fingerprint density at radius 2 is 2.08 bits per heavy atom. The zero-order valence-electron chi connectivity index (χ0n) is 13.2. The molecular formula is C17H17IN2O4. The first kappa shape index (κ1) is 16.9. The summed E-state index contributed by atoms with van der Waals surface area (Å²) in [6.07, 6.45) is 4.55. The van der Waals surface area contributed by atoms with Crippen LogP contribution in [0.25, 0.3) is 22.4 Å². The highest BCUT2D eigenvalue weighted by Crippen LogP contribution is 2.32. The van der Waals surface area contributed by atoms with E-state index in [-0.39, 0.29) is 11.5 Å². The van der Waals surface area contributed by atoms with Gasteiger partial charge < -0.3 is 9.15 Å². The molecule has 24 heavy (non-hydrogen) atoms. The largest absolute Gasteiger partial charge is 0.492 e. The first-order valence-electron chi connectivity index (χ1n) is 7.89. The molecule has 0 radical (unpaired) electrons. The molecule has 0 saturated carbocycles. The van der Waals surface area contributed by atoms with E-state index in [0.29, 0.717) is 12.2 Å². The zero-order chi connectivity index (χ0) is 17.1. The molecule has 0 unspecified atom stereocenters. The van der Waals surface area contributed by atoms with Gasteiger partial charge in [-0.1, -0.05) is 26.2 Å². The van der Waals surface area contributed by atoms with Gasteiger partial charge >= 0.3 is 5.69 Å². The fourth-order valence-corrected chi connectivity index (χ4v) is 3.25. The van der Waals surface area contributed by atoms with E-state index in [1.54, 1.807) is 6.07 Å². The van der Waals surface area contributed by atoms with Gasteiger partial charge in [-0.25, -0.2) is 4.79 Å². The van der Waals surface area contributed by atoms with Crippen LogP contribution in [0.3, 0.4) is 0 Å². The molecule has 7 heteroatoms. The van der Waals surface area contributed by atoms with Crippen LogP contribution in [0.15, 0.2) is 32.2 Å². The molecular weight excluding hydrogens is 423 g/mol. The van der Waals surface area contributed by atoms with Gasteiger partial charge in [0.25, 0.3) is 5.56 Å². The first-order valence-corrected chi connectivity index (χ1v) is 8.97. The Balaban J connectivity index is 1.96. The van der Waals surface area contributed by atoms with Crippen molar-refractivity contribution >= 4 is 33.6 Å². The van der Waals surface area contributed by atoms with Crippen molar-refractivity contribution < 1.29 is 9.15 Å². The topological polar surface area (TPSA) is 85.2 Å². The summed E-state index contributed by atoms with van der Waals surface area (Å²) in [6.45, 7) is 2.82. The quantitative estimate of drug-likeness (QED) is 0.360. The van der Waals surface area contributed by atoms with Crippen molar-refractivity contribution in [3.05, 3.63) is 42.6 Å². The number of H-pyrrole nitrogens is 1. The van der Waals surface area contributed by atoms with Crippen molar-refractivity contribution in [3.63, 3.8) is 0 Å². The Labute approximate surface area is 151 Å². The van der Waals surface area contributed by atoms with E-state index in [1.165, 1.54) is 12.8 Å². The molecule has 0 bridgehead atoms. The number of benzene rings is 1. The molecule has 0 fully saturated rings. The normalized spacial score (nSPS) is 11.2. The first-order chi connectivity index (χ1) is 11.6. The molecule has 126 valence electrons. The van der Waals surface area contributed by atoms with E-state index in [9.17, 15) is 9.59 Å². The second-order valence-corrected chi connectivity index (χ2v) is 6.62. The fraction of sp³-hybridized carbons (Fsp3) is 0.353. The summed E-state index contributed by atoms with van der Waals surface area (Å²) in [6, 6.07) is 5.38. The van der Waals surface area contributed by atoms with Gasteiger partial charge in [-0.05, 0) is 47.2 Å². The average molecular weight is 440 g/mol. The van der Waals surface area contributed by atoms with Gasteiger partial charge in [0.15, 0.2) is 5.58 Å². The molecule has 1 aromatic carbocycles. The van der Waals surface area contributed by atoms with Crippen LogP contribution in [-0.4, -0.2) is 16.6 Å². The highest BCUT2D eigenvalue weighted by molar-refractivity contribution is 14.1.